The van der Waals surface area contributed by atoms with Gasteiger partial charge in [0.25, 0.3) is 5.92 Å². The molecule has 0 aliphatic carbocycles. The van der Waals surface area contributed by atoms with Crippen molar-refractivity contribution in [3.05, 3.63) is 28.6 Å². The minimum atomic E-state index is -3.06. The van der Waals surface area contributed by atoms with Crippen molar-refractivity contribution in [1.29, 1.82) is 0 Å². The van der Waals surface area contributed by atoms with E-state index in [1.165, 1.54) is 6.07 Å². The largest absolute Gasteiger partial charge is 0.478 e. The van der Waals surface area contributed by atoms with Gasteiger partial charge in [0, 0.05) is 6.92 Å². The number of pyridine rings is 1. The molecule has 0 amide bonds. The van der Waals surface area contributed by atoms with E-state index in [-0.39, 0.29) is 22.9 Å². The minimum Gasteiger partial charge on any atom is -0.478 e. The van der Waals surface area contributed by atoms with E-state index in [4.69, 9.17) is 0 Å². The molecule has 0 spiro atoms. The third kappa shape index (κ3) is 2.83. The molecular formula is C13H17F2NO2. The van der Waals surface area contributed by atoms with Crippen LogP contribution in [0.25, 0.3) is 0 Å². The fourth-order valence-electron chi connectivity index (χ4n) is 1.79. The second kappa shape index (κ2) is 5.00. The van der Waals surface area contributed by atoms with Gasteiger partial charge in [0.15, 0.2) is 0 Å². The van der Waals surface area contributed by atoms with Crippen LogP contribution in [-0.4, -0.2) is 16.1 Å². The predicted molar refractivity (Wildman–Crippen MR) is 64.2 cm³/mol. The van der Waals surface area contributed by atoms with Crippen LogP contribution >= 0.6 is 0 Å². The van der Waals surface area contributed by atoms with Crippen LogP contribution in [0.1, 0.15) is 60.9 Å². The van der Waals surface area contributed by atoms with Crippen LogP contribution in [0, 0.1) is 0 Å². The van der Waals surface area contributed by atoms with Gasteiger partial charge in [-0.2, -0.15) is 8.78 Å². The summed E-state index contributed by atoms with van der Waals surface area (Å²) in [5, 5.41) is 9.19. The number of aryl methyl sites for hydroxylation is 1. The Morgan fingerprint density at radius 2 is 2.06 bits per heavy atom. The standard InChI is InChI=1S/C13H17F2NO2/c1-5-8-6-9(13(4,14)15)16-11(7(2)3)10(8)12(17)18/h6-7H,5H2,1-4H3,(H,17,18). The molecule has 0 bridgehead atoms. The predicted octanol–water partition coefficient (Wildman–Crippen LogP) is 3.58. The highest BCUT2D eigenvalue weighted by atomic mass is 19.3. The number of halogens is 2. The molecule has 0 atom stereocenters. The first kappa shape index (κ1) is 14.5. The van der Waals surface area contributed by atoms with Crippen molar-refractivity contribution in [3.8, 4) is 0 Å². The van der Waals surface area contributed by atoms with E-state index in [0.717, 1.165) is 6.92 Å². The van der Waals surface area contributed by atoms with Crippen molar-refractivity contribution < 1.29 is 18.7 Å². The molecule has 0 aliphatic rings. The van der Waals surface area contributed by atoms with Gasteiger partial charge in [-0.3, -0.25) is 4.98 Å². The lowest BCUT2D eigenvalue weighted by atomic mass is 9.96. The molecule has 0 saturated carbocycles. The highest BCUT2D eigenvalue weighted by Crippen LogP contribution is 2.30. The van der Waals surface area contributed by atoms with Crippen molar-refractivity contribution in [2.24, 2.45) is 0 Å². The van der Waals surface area contributed by atoms with Gasteiger partial charge in [-0.15, -0.1) is 0 Å². The third-order valence-electron chi connectivity index (χ3n) is 2.72. The number of rotatable bonds is 4. The molecule has 0 unspecified atom stereocenters. The Balaban J connectivity index is 3.59. The van der Waals surface area contributed by atoms with E-state index < -0.39 is 11.9 Å². The molecular weight excluding hydrogens is 240 g/mol. The van der Waals surface area contributed by atoms with Gasteiger partial charge in [0.1, 0.15) is 5.69 Å². The second-order valence-corrected chi connectivity index (χ2v) is 4.63. The maximum absolute atomic E-state index is 13.3. The molecule has 5 heteroatoms. The molecule has 0 aliphatic heterocycles. The van der Waals surface area contributed by atoms with Crippen molar-refractivity contribution >= 4 is 5.97 Å². The van der Waals surface area contributed by atoms with Gasteiger partial charge in [0.2, 0.25) is 0 Å². The van der Waals surface area contributed by atoms with E-state index in [0.29, 0.717) is 12.0 Å². The van der Waals surface area contributed by atoms with Gasteiger partial charge >= 0.3 is 5.97 Å². The van der Waals surface area contributed by atoms with Gasteiger partial charge in [-0.25, -0.2) is 4.79 Å². The van der Waals surface area contributed by atoms with Gasteiger partial charge in [-0.1, -0.05) is 20.8 Å². The normalized spacial score (nSPS) is 11.9. The summed E-state index contributed by atoms with van der Waals surface area (Å²) >= 11 is 0. The SMILES string of the molecule is CCc1cc(C(C)(F)F)nc(C(C)C)c1C(=O)O. The van der Waals surface area contributed by atoms with Crippen LogP contribution in [0.2, 0.25) is 0 Å². The Morgan fingerprint density at radius 1 is 1.50 bits per heavy atom. The highest BCUT2D eigenvalue weighted by molar-refractivity contribution is 5.91. The molecule has 1 aromatic heterocycles. The van der Waals surface area contributed by atoms with Gasteiger partial charge in [0.05, 0.1) is 11.3 Å². The third-order valence-corrected chi connectivity index (χ3v) is 2.72. The molecule has 0 saturated heterocycles. The number of nitrogens with zero attached hydrogens (tertiary/aromatic N) is 1. The van der Waals surface area contributed by atoms with E-state index in [9.17, 15) is 18.7 Å². The summed E-state index contributed by atoms with van der Waals surface area (Å²) in [6.45, 7) is 5.99. The Hall–Kier alpha value is -1.52. The van der Waals surface area contributed by atoms with Crippen LogP contribution in [0.4, 0.5) is 8.78 Å². The fraction of sp³-hybridized carbons (Fsp3) is 0.538. The summed E-state index contributed by atoms with van der Waals surface area (Å²) in [7, 11) is 0. The number of alkyl halides is 2. The summed E-state index contributed by atoms with van der Waals surface area (Å²) in [6.07, 6.45) is 0.382. The van der Waals surface area contributed by atoms with Crippen LogP contribution < -0.4 is 0 Å². The number of aromatic carboxylic acids is 1. The molecule has 1 N–H and O–H groups in total. The van der Waals surface area contributed by atoms with Gasteiger partial charge in [-0.05, 0) is 24.0 Å². The first-order chi connectivity index (χ1) is 8.18. The maximum Gasteiger partial charge on any atom is 0.337 e. The molecule has 0 aromatic carbocycles. The quantitative estimate of drug-likeness (QED) is 0.896. The molecule has 100 valence electrons. The van der Waals surface area contributed by atoms with E-state index in [1.54, 1.807) is 20.8 Å². The van der Waals surface area contributed by atoms with E-state index in [1.807, 2.05) is 0 Å². The first-order valence-electron chi connectivity index (χ1n) is 5.83. The Labute approximate surface area is 105 Å². The van der Waals surface area contributed by atoms with E-state index in [2.05, 4.69) is 4.98 Å². The molecule has 1 rings (SSSR count). The zero-order valence-electron chi connectivity index (χ0n) is 10.9. The molecule has 0 fully saturated rings. The minimum absolute atomic E-state index is 0.0560. The highest BCUT2D eigenvalue weighted by Gasteiger charge is 2.30. The van der Waals surface area contributed by atoms with Crippen molar-refractivity contribution in [3.63, 3.8) is 0 Å². The monoisotopic (exact) mass is 257 g/mol. The van der Waals surface area contributed by atoms with Crippen molar-refractivity contribution in [2.75, 3.05) is 0 Å². The van der Waals surface area contributed by atoms with Crippen molar-refractivity contribution in [1.82, 2.24) is 4.98 Å². The van der Waals surface area contributed by atoms with Crippen molar-refractivity contribution in [2.45, 2.75) is 46.0 Å². The summed E-state index contributed by atoms with van der Waals surface area (Å²) in [6, 6.07) is 1.19. The van der Waals surface area contributed by atoms with Crippen LogP contribution in [0.15, 0.2) is 6.07 Å². The van der Waals surface area contributed by atoms with Crippen LogP contribution in [0.5, 0.6) is 0 Å². The van der Waals surface area contributed by atoms with E-state index >= 15 is 0 Å². The first-order valence-corrected chi connectivity index (χ1v) is 5.83. The Bertz CT molecular complexity index is 465. The molecule has 0 radical (unpaired) electrons. The molecule has 1 heterocycles. The molecule has 18 heavy (non-hydrogen) atoms. The average molecular weight is 257 g/mol. The Kier molecular flexibility index (Phi) is 4.04. The zero-order valence-corrected chi connectivity index (χ0v) is 10.9. The smallest absolute Gasteiger partial charge is 0.337 e. The summed E-state index contributed by atoms with van der Waals surface area (Å²) < 4.78 is 26.7. The lowest BCUT2D eigenvalue weighted by Crippen LogP contribution is -2.17. The van der Waals surface area contributed by atoms with Crippen LogP contribution in [0.3, 0.4) is 0 Å². The number of carboxylic acid groups (broad SMARTS) is 1. The summed E-state index contributed by atoms with van der Waals surface area (Å²) in [5.74, 6) is -4.40. The molecule has 1 aromatic rings. The van der Waals surface area contributed by atoms with Gasteiger partial charge < -0.3 is 5.11 Å². The lowest BCUT2D eigenvalue weighted by Gasteiger charge is -2.18. The number of carbonyl (C=O) groups is 1. The average Bonchev–Trinajstić information content (AvgIpc) is 2.25. The number of carboxylic acids is 1. The maximum atomic E-state index is 13.3. The number of aromatic nitrogens is 1. The zero-order chi connectivity index (χ0) is 14.1. The lowest BCUT2D eigenvalue weighted by molar-refractivity contribution is 0.0123. The summed E-state index contributed by atoms with van der Waals surface area (Å²) in [4.78, 5) is 15.1. The Morgan fingerprint density at radius 3 is 2.39 bits per heavy atom. The number of hydrogen-bond donors (Lipinski definition) is 1. The second-order valence-electron chi connectivity index (χ2n) is 4.63. The molecule has 3 nitrogen and oxygen atoms in total. The topological polar surface area (TPSA) is 50.2 Å². The fourth-order valence-corrected chi connectivity index (χ4v) is 1.79. The van der Waals surface area contributed by atoms with Crippen LogP contribution in [-0.2, 0) is 12.3 Å². The summed E-state index contributed by atoms with van der Waals surface area (Å²) in [5.41, 5.74) is 0.310. The number of hydrogen-bond acceptors (Lipinski definition) is 2.